The van der Waals surface area contributed by atoms with Crippen LogP contribution in [0, 0.1) is 5.92 Å². The first-order valence-corrected chi connectivity index (χ1v) is 14.6. The lowest BCUT2D eigenvalue weighted by atomic mass is 9.87. The van der Waals surface area contributed by atoms with E-state index in [2.05, 4.69) is 27.8 Å². The number of fused-ring (bicyclic) bond motifs is 1. The normalized spacial score (nSPS) is 18.3. The maximum absolute atomic E-state index is 13.2. The van der Waals surface area contributed by atoms with Crippen LogP contribution >= 0.6 is 11.6 Å². The van der Waals surface area contributed by atoms with E-state index in [1.165, 1.54) is 0 Å². The van der Waals surface area contributed by atoms with E-state index >= 15 is 0 Å². The topological polar surface area (TPSA) is 80.9 Å². The van der Waals surface area contributed by atoms with Crippen LogP contribution in [-0.2, 0) is 16.1 Å². The Morgan fingerprint density at radius 1 is 1.15 bits per heavy atom. The maximum atomic E-state index is 13.2. The molecule has 0 bridgehead atoms. The number of rotatable bonds is 10. The van der Waals surface area contributed by atoms with E-state index in [0.717, 1.165) is 94.0 Å². The number of unbranched alkanes of at least 4 members (excludes halogenated alkanes) is 2. The number of nitrogens with one attached hydrogen (secondary N) is 1. The molecule has 2 aliphatic rings. The minimum absolute atomic E-state index is 0.0367. The van der Waals surface area contributed by atoms with Crippen molar-refractivity contribution in [3.63, 3.8) is 0 Å². The number of hydrogen-bond acceptors (Lipinski definition) is 5. The molecule has 0 radical (unpaired) electrons. The van der Waals surface area contributed by atoms with Crippen molar-refractivity contribution < 1.29 is 9.53 Å². The summed E-state index contributed by atoms with van der Waals surface area (Å²) in [5.74, 6) is 0.739. The molecule has 9 heteroatoms. The standard InChI is InChI=1S/C30H38ClN5O3/c1-2-3-4-14-35-27(20-28(37)36-21-26(33-30(35)36)22-9-11-25(31)12-10-22)23-5-7-24(8-6-23)29(38)32-13-15-34-16-18-39-19-17-34/h5,9-12,20-21,24H,2-4,6-8,13-19H2,1H3,(H,32,38). The fourth-order valence-electron chi connectivity index (χ4n) is 5.47. The zero-order chi connectivity index (χ0) is 27.2. The van der Waals surface area contributed by atoms with E-state index in [0.29, 0.717) is 23.8 Å². The van der Waals surface area contributed by atoms with Crippen molar-refractivity contribution in [2.24, 2.45) is 5.92 Å². The molecule has 208 valence electrons. The van der Waals surface area contributed by atoms with Crippen molar-refractivity contribution in [1.29, 1.82) is 0 Å². The number of carbonyl (C=O) groups is 1. The molecular formula is C30H38ClN5O3. The van der Waals surface area contributed by atoms with Crippen molar-refractivity contribution in [3.05, 3.63) is 63.7 Å². The molecule has 3 aromatic rings. The second-order valence-corrected chi connectivity index (χ2v) is 10.9. The Hall–Kier alpha value is -2.94. The van der Waals surface area contributed by atoms with Gasteiger partial charge in [0.05, 0.1) is 24.6 Å². The van der Waals surface area contributed by atoms with Crippen molar-refractivity contribution in [3.8, 4) is 11.3 Å². The average molecular weight is 552 g/mol. The second-order valence-electron chi connectivity index (χ2n) is 10.5. The number of nitrogens with zero attached hydrogens (tertiary/aromatic N) is 4. The molecule has 2 aromatic heterocycles. The van der Waals surface area contributed by atoms with Gasteiger partial charge in [-0.05, 0) is 43.4 Å². The van der Waals surface area contributed by atoms with E-state index in [1.54, 1.807) is 10.5 Å². The Kier molecular flexibility index (Phi) is 9.17. The molecule has 1 amide bonds. The predicted octanol–water partition coefficient (Wildman–Crippen LogP) is 4.64. The lowest BCUT2D eigenvalue weighted by Crippen LogP contribution is -2.42. The van der Waals surface area contributed by atoms with Gasteiger partial charge in [-0.2, -0.15) is 0 Å². The van der Waals surface area contributed by atoms with Crippen LogP contribution in [0.3, 0.4) is 0 Å². The van der Waals surface area contributed by atoms with Crippen LogP contribution in [0.2, 0.25) is 5.02 Å². The monoisotopic (exact) mass is 551 g/mol. The molecule has 1 fully saturated rings. The highest BCUT2D eigenvalue weighted by atomic mass is 35.5. The maximum Gasteiger partial charge on any atom is 0.259 e. The van der Waals surface area contributed by atoms with Gasteiger partial charge in [-0.15, -0.1) is 0 Å². The van der Waals surface area contributed by atoms with Gasteiger partial charge in [0, 0.05) is 61.5 Å². The predicted molar refractivity (Wildman–Crippen MR) is 155 cm³/mol. The van der Waals surface area contributed by atoms with Crippen LogP contribution in [0.25, 0.3) is 22.6 Å². The number of benzene rings is 1. The van der Waals surface area contributed by atoms with E-state index in [1.807, 2.05) is 30.5 Å². The van der Waals surface area contributed by atoms with Crippen LogP contribution in [0.1, 0.15) is 51.1 Å². The van der Waals surface area contributed by atoms with E-state index < -0.39 is 0 Å². The average Bonchev–Trinajstić information content (AvgIpc) is 3.41. The zero-order valence-corrected chi connectivity index (χ0v) is 23.5. The summed E-state index contributed by atoms with van der Waals surface area (Å²) in [5, 5.41) is 3.79. The summed E-state index contributed by atoms with van der Waals surface area (Å²) in [6, 6.07) is 9.25. The van der Waals surface area contributed by atoms with Gasteiger partial charge in [0.15, 0.2) is 0 Å². The Bertz CT molecular complexity index is 1370. The highest BCUT2D eigenvalue weighted by molar-refractivity contribution is 6.30. The number of morpholine rings is 1. The number of imidazole rings is 1. The molecule has 39 heavy (non-hydrogen) atoms. The summed E-state index contributed by atoms with van der Waals surface area (Å²) in [7, 11) is 0. The zero-order valence-electron chi connectivity index (χ0n) is 22.7. The van der Waals surface area contributed by atoms with Crippen LogP contribution < -0.4 is 10.9 Å². The highest BCUT2D eigenvalue weighted by Crippen LogP contribution is 2.31. The molecule has 1 aliphatic heterocycles. The molecule has 1 aromatic carbocycles. The molecule has 8 nitrogen and oxygen atoms in total. The highest BCUT2D eigenvalue weighted by Gasteiger charge is 2.24. The summed E-state index contributed by atoms with van der Waals surface area (Å²) in [5.41, 5.74) is 3.62. The third-order valence-electron chi connectivity index (χ3n) is 7.78. The molecule has 5 rings (SSSR count). The van der Waals surface area contributed by atoms with Crippen LogP contribution in [0.15, 0.2) is 47.4 Å². The summed E-state index contributed by atoms with van der Waals surface area (Å²) in [6.07, 6.45) is 9.40. The molecule has 1 saturated heterocycles. The molecule has 0 spiro atoms. The van der Waals surface area contributed by atoms with Gasteiger partial charge in [-0.3, -0.25) is 18.9 Å². The number of aromatic nitrogens is 3. The number of carbonyl (C=O) groups excluding carboxylic acids is 1. The van der Waals surface area contributed by atoms with Gasteiger partial charge < -0.3 is 14.6 Å². The summed E-state index contributed by atoms with van der Waals surface area (Å²) in [6.45, 7) is 7.87. The largest absolute Gasteiger partial charge is 0.379 e. The van der Waals surface area contributed by atoms with Gasteiger partial charge in [-0.25, -0.2) is 4.98 Å². The van der Waals surface area contributed by atoms with Gasteiger partial charge in [0.2, 0.25) is 11.7 Å². The summed E-state index contributed by atoms with van der Waals surface area (Å²) < 4.78 is 9.23. The smallest absolute Gasteiger partial charge is 0.259 e. The quantitative estimate of drug-likeness (QED) is 0.371. The Balaban J connectivity index is 1.34. The van der Waals surface area contributed by atoms with E-state index in [-0.39, 0.29) is 17.4 Å². The SMILES string of the molecule is CCCCCn1c(C2=CCC(C(=O)NCCN3CCOCC3)CC2)cc(=O)n2cc(-c3ccc(Cl)cc3)nc12. The van der Waals surface area contributed by atoms with Gasteiger partial charge in [-0.1, -0.05) is 49.6 Å². The molecule has 1 N–H and O–H groups in total. The summed E-state index contributed by atoms with van der Waals surface area (Å²) in [4.78, 5) is 33.3. The van der Waals surface area contributed by atoms with Gasteiger partial charge in [0.1, 0.15) is 0 Å². The van der Waals surface area contributed by atoms with Crippen molar-refractivity contribution in [2.45, 2.75) is 52.0 Å². The van der Waals surface area contributed by atoms with Crippen LogP contribution in [0.4, 0.5) is 0 Å². The molecular weight excluding hydrogens is 514 g/mol. The number of allylic oxidation sites excluding steroid dienone is 2. The molecule has 3 heterocycles. The number of halogens is 1. The Labute approximate surface area is 234 Å². The number of amides is 1. The Morgan fingerprint density at radius 3 is 2.67 bits per heavy atom. The van der Waals surface area contributed by atoms with Crippen LogP contribution in [-0.4, -0.2) is 64.2 Å². The fourth-order valence-corrected chi connectivity index (χ4v) is 5.60. The number of hydrogen-bond donors (Lipinski definition) is 1. The van der Waals surface area contributed by atoms with Gasteiger partial charge in [0.25, 0.3) is 5.56 Å². The molecule has 1 unspecified atom stereocenters. The van der Waals surface area contributed by atoms with E-state index in [4.69, 9.17) is 21.3 Å². The summed E-state index contributed by atoms with van der Waals surface area (Å²) >= 11 is 6.08. The minimum Gasteiger partial charge on any atom is -0.379 e. The van der Waals surface area contributed by atoms with Crippen molar-refractivity contribution in [2.75, 3.05) is 39.4 Å². The van der Waals surface area contributed by atoms with Crippen LogP contribution in [0.5, 0.6) is 0 Å². The first-order valence-electron chi connectivity index (χ1n) is 14.2. The first kappa shape index (κ1) is 27.6. The first-order chi connectivity index (χ1) is 19.0. The molecule has 0 saturated carbocycles. The molecule has 1 atom stereocenters. The van der Waals surface area contributed by atoms with Crippen molar-refractivity contribution in [1.82, 2.24) is 24.2 Å². The third kappa shape index (κ3) is 6.62. The second kappa shape index (κ2) is 12.9. The lowest BCUT2D eigenvalue weighted by Gasteiger charge is -2.27. The lowest BCUT2D eigenvalue weighted by molar-refractivity contribution is -0.125. The van der Waals surface area contributed by atoms with Crippen molar-refractivity contribution >= 4 is 28.9 Å². The Morgan fingerprint density at radius 2 is 1.95 bits per heavy atom. The third-order valence-corrected chi connectivity index (χ3v) is 8.04. The van der Waals surface area contributed by atoms with E-state index in [9.17, 15) is 9.59 Å². The number of ether oxygens (including phenoxy) is 1. The molecule has 1 aliphatic carbocycles. The minimum atomic E-state index is -0.0941. The van der Waals surface area contributed by atoms with Gasteiger partial charge >= 0.3 is 0 Å². The number of aryl methyl sites for hydroxylation is 1. The fraction of sp³-hybridized carbons (Fsp3) is 0.500.